The Morgan fingerprint density at radius 2 is 1.15 bits per heavy atom. The molecule has 4 aromatic rings. The van der Waals surface area contributed by atoms with Gasteiger partial charge < -0.3 is 9.47 Å². The highest BCUT2D eigenvalue weighted by Gasteiger charge is 2.36. The molecule has 39 heavy (non-hydrogen) atoms. The molecule has 0 aliphatic carbocycles. The van der Waals surface area contributed by atoms with Gasteiger partial charge in [-0.3, -0.25) is 14.4 Å². The van der Waals surface area contributed by atoms with Crippen molar-refractivity contribution in [2.75, 3.05) is 11.5 Å². The molecule has 0 fully saturated rings. The van der Waals surface area contributed by atoms with Crippen LogP contribution in [0.2, 0.25) is 0 Å². The number of halogens is 1. The molecule has 0 spiro atoms. The molecule has 1 heterocycles. The quantitative estimate of drug-likeness (QED) is 0.122. The Morgan fingerprint density at radius 3 is 1.74 bits per heavy atom. The van der Waals surface area contributed by atoms with E-state index in [1.54, 1.807) is 48.5 Å². The Labute approximate surface area is 230 Å². The Kier molecular flexibility index (Phi) is 7.16. The fraction of sp³-hybridized carbons (Fsp3) is 0.0333. The molecule has 192 valence electrons. The number of fused-ring (bicyclic) bond motifs is 1. The van der Waals surface area contributed by atoms with Gasteiger partial charge in [-0.25, -0.2) is 14.5 Å². The van der Waals surface area contributed by atoms with E-state index in [4.69, 9.17) is 9.47 Å². The van der Waals surface area contributed by atoms with Gasteiger partial charge in [-0.15, -0.1) is 0 Å². The van der Waals surface area contributed by atoms with Crippen LogP contribution in [0, 0.1) is 0 Å². The first-order valence-corrected chi connectivity index (χ1v) is 12.5. The Morgan fingerprint density at radius 1 is 0.641 bits per heavy atom. The number of hydrogen-bond acceptors (Lipinski definition) is 7. The molecular weight excluding hydrogens is 566 g/mol. The summed E-state index contributed by atoms with van der Waals surface area (Å²) in [7, 11) is 0. The SMILES string of the molecule is O=C(COC(=O)c1ccc(N2C(=O)c3ccccc3C2=O)cc1)c1ccc(OC(=O)c2ccc(Br)cc2)cc1. The van der Waals surface area contributed by atoms with Crippen LogP contribution < -0.4 is 9.64 Å². The summed E-state index contributed by atoms with van der Waals surface area (Å²) in [5.41, 5.74) is 1.75. The average molecular weight is 584 g/mol. The van der Waals surface area contributed by atoms with Crippen molar-refractivity contribution in [3.63, 3.8) is 0 Å². The van der Waals surface area contributed by atoms with E-state index in [-0.39, 0.29) is 16.9 Å². The van der Waals surface area contributed by atoms with Crippen molar-refractivity contribution < 1.29 is 33.4 Å². The number of carbonyl (C=O) groups excluding carboxylic acids is 5. The number of esters is 2. The highest BCUT2D eigenvalue weighted by atomic mass is 79.9. The molecule has 0 N–H and O–H groups in total. The summed E-state index contributed by atoms with van der Waals surface area (Å²) in [5.74, 6) is -2.34. The molecule has 9 heteroatoms. The maximum Gasteiger partial charge on any atom is 0.343 e. The number of ketones is 1. The molecule has 0 aromatic heterocycles. The minimum absolute atomic E-state index is 0.151. The standard InChI is InChI=1S/C30H18BrNO7/c31-21-11-5-20(6-12-21)30(37)39-23-15-9-18(10-16-23)26(33)17-38-29(36)19-7-13-22(14-8-19)32-27(34)24-3-1-2-4-25(24)28(32)35/h1-16H,17H2. The van der Waals surface area contributed by atoms with E-state index in [0.29, 0.717) is 22.4 Å². The van der Waals surface area contributed by atoms with E-state index in [9.17, 15) is 24.0 Å². The van der Waals surface area contributed by atoms with Crippen molar-refractivity contribution in [3.05, 3.63) is 129 Å². The molecule has 4 aromatic carbocycles. The van der Waals surface area contributed by atoms with Crippen molar-refractivity contribution in [1.82, 2.24) is 0 Å². The fourth-order valence-electron chi connectivity index (χ4n) is 3.93. The van der Waals surface area contributed by atoms with Gasteiger partial charge in [-0.2, -0.15) is 0 Å². The summed E-state index contributed by atoms with van der Waals surface area (Å²) in [6.45, 7) is -0.503. The maximum atomic E-state index is 12.6. The molecule has 1 aliphatic heterocycles. The minimum Gasteiger partial charge on any atom is -0.454 e. The first kappa shape index (κ1) is 25.7. The van der Waals surface area contributed by atoms with Crippen molar-refractivity contribution in [2.24, 2.45) is 0 Å². The van der Waals surface area contributed by atoms with Crippen molar-refractivity contribution in [1.29, 1.82) is 0 Å². The summed E-state index contributed by atoms with van der Waals surface area (Å²) in [6.07, 6.45) is 0. The molecule has 0 saturated carbocycles. The Bertz CT molecular complexity index is 1580. The largest absolute Gasteiger partial charge is 0.454 e. The highest BCUT2D eigenvalue weighted by Crippen LogP contribution is 2.28. The van der Waals surface area contributed by atoms with Gasteiger partial charge in [0.15, 0.2) is 12.4 Å². The van der Waals surface area contributed by atoms with Crippen LogP contribution in [0.5, 0.6) is 5.75 Å². The van der Waals surface area contributed by atoms with E-state index in [0.717, 1.165) is 9.37 Å². The number of ether oxygens (including phenoxy) is 2. The number of carbonyl (C=O) groups is 5. The molecule has 0 unspecified atom stereocenters. The molecule has 1 aliphatic rings. The number of rotatable bonds is 7. The van der Waals surface area contributed by atoms with Crippen LogP contribution in [0.15, 0.2) is 102 Å². The zero-order valence-electron chi connectivity index (χ0n) is 20.1. The summed E-state index contributed by atoms with van der Waals surface area (Å²) in [4.78, 5) is 63.5. The smallest absolute Gasteiger partial charge is 0.343 e. The van der Waals surface area contributed by atoms with Gasteiger partial charge in [-0.1, -0.05) is 28.1 Å². The normalized spacial score (nSPS) is 12.2. The molecule has 0 bridgehead atoms. The van der Waals surface area contributed by atoms with Gasteiger partial charge >= 0.3 is 11.9 Å². The van der Waals surface area contributed by atoms with Crippen LogP contribution >= 0.6 is 15.9 Å². The first-order chi connectivity index (χ1) is 18.8. The van der Waals surface area contributed by atoms with Crippen molar-refractivity contribution in [2.45, 2.75) is 0 Å². The van der Waals surface area contributed by atoms with Crippen LogP contribution in [-0.4, -0.2) is 36.1 Å². The molecular formula is C30H18BrNO7. The van der Waals surface area contributed by atoms with Crippen LogP contribution in [0.1, 0.15) is 51.8 Å². The second-order valence-corrected chi connectivity index (χ2v) is 9.37. The molecule has 8 nitrogen and oxygen atoms in total. The van der Waals surface area contributed by atoms with Gasteiger partial charge in [-0.05, 0) is 84.9 Å². The lowest BCUT2D eigenvalue weighted by atomic mass is 10.1. The highest BCUT2D eigenvalue weighted by molar-refractivity contribution is 9.10. The zero-order chi connectivity index (χ0) is 27.5. The van der Waals surface area contributed by atoms with Crippen LogP contribution in [0.4, 0.5) is 5.69 Å². The number of hydrogen-bond donors (Lipinski definition) is 0. The Hall–Kier alpha value is -4.89. The van der Waals surface area contributed by atoms with Crippen LogP contribution in [0.3, 0.4) is 0 Å². The third-order valence-corrected chi connectivity index (χ3v) is 6.49. The van der Waals surface area contributed by atoms with Gasteiger partial charge in [0.05, 0.1) is 27.9 Å². The lowest BCUT2D eigenvalue weighted by molar-refractivity contribution is 0.0474. The third kappa shape index (κ3) is 5.39. The molecule has 0 radical (unpaired) electrons. The van der Waals surface area contributed by atoms with E-state index in [2.05, 4.69) is 15.9 Å². The van der Waals surface area contributed by atoms with E-state index < -0.39 is 36.1 Å². The van der Waals surface area contributed by atoms with E-state index >= 15 is 0 Å². The van der Waals surface area contributed by atoms with Gasteiger partial charge in [0.25, 0.3) is 11.8 Å². The van der Waals surface area contributed by atoms with Gasteiger partial charge in [0.1, 0.15) is 5.75 Å². The summed E-state index contributed by atoms with van der Waals surface area (Å²) >= 11 is 3.30. The second-order valence-electron chi connectivity index (χ2n) is 8.46. The van der Waals surface area contributed by atoms with Crippen LogP contribution in [0.25, 0.3) is 0 Å². The van der Waals surface area contributed by atoms with Gasteiger partial charge in [0.2, 0.25) is 0 Å². The maximum absolute atomic E-state index is 12.6. The van der Waals surface area contributed by atoms with Crippen molar-refractivity contribution >= 4 is 51.2 Å². The lowest BCUT2D eigenvalue weighted by Crippen LogP contribution is -2.29. The van der Waals surface area contributed by atoms with Gasteiger partial charge in [0, 0.05) is 10.0 Å². The Balaban J connectivity index is 1.16. The molecule has 2 amide bonds. The summed E-state index contributed by atoms with van der Waals surface area (Å²) < 4.78 is 11.3. The summed E-state index contributed by atoms with van der Waals surface area (Å²) in [5, 5.41) is 0. The predicted molar refractivity (Wildman–Crippen MR) is 144 cm³/mol. The molecule has 0 saturated heterocycles. The molecule has 0 atom stereocenters. The number of anilines is 1. The lowest BCUT2D eigenvalue weighted by Gasteiger charge is -2.14. The number of benzene rings is 4. The van der Waals surface area contributed by atoms with E-state index in [1.807, 2.05) is 0 Å². The number of imide groups is 1. The topological polar surface area (TPSA) is 107 Å². The van der Waals surface area contributed by atoms with Crippen molar-refractivity contribution in [3.8, 4) is 5.75 Å². The first-order valence-electron chi connectivity index (χ1n) is 11.7. The predicted octanol–water partition coefficient (Wildman–Crippen LogP) is 5.51. The number of Topliss-reactive ketones (excluding diaryl/α,β-unsaturated/α-hetero) is 1. The minimum atomic E-state index is -0.739. The fourth-order valence-corrected chi connectivity index (χ4v) is 4.19. The average Bonchev–Trinajstić information content (AvgIpc) is 3.22. The molecule has 5 rings (SSSR count). The zero-order valence-corrected chi connectivity index (χ0v) is 21.7. The number of amides is 2. The van der Waals surface area contributed by atoms with Crippen LogP contribution in [-0.2, 0) is 4.74 Å². The number of nitrogens with zero attached hydrogens (tertiary/aromatic N) is 1. The second kappa shape index (κ2) is 10.8. The third-order valence-electron chi connectivity index (χ3n) is 5.96. The van der Waals surface area contributed by atoms with E-state index in [1.165, 1.54) is 48.5 Å². The monoisotopic (exact) mass is 583 g/mol. The summed E-state index contributed by atoms with van der Waals surface area (Å²) in [6, 6.07) is 24.9.